The number of anilines is 1. The van der Waals surface area contributed by atoms with E-state index in [1.165, 1.54) is 0 Å². The monoisotopic (exact) mass is 289 g/mol. The van der Waals surface area contributed by atoms with Crippen LogP contribution in [0.4, 0.5) is 5.69 Å². The number of rotatable bonds is 4. The Labute approximate surface area is 112 Å². The van der Waals surface area contributed by atoms with Gasteiger partial charge in [0.05, 0.1) is 10.7 Å². The molecule has 18 heavy (non-hydrogen) atoms. The normalized spacial score (nSPS) is 12.2. The Kier molecular flexibility index (Phi) is 4.40. The highest BCUT2D eigenvalue weighted by molar-refractivity contribution is 7.93. The first kappa shape index (κ1) is 15.0. The first-order valence-electron chi connectivity index (χ1n) is 5.40. The first-order valence-corrected chi connectivity index (χ1v) is 7.43. The number of ketones is 1. The van der Waals surface area contributed by atoms with E-state index in [2.05, 4.69) is 4.72 Å². The zero-order chi connectivity index (χ0) is 14.0. The molecule has 0 aliphatic rings. The van der Waals surface area contributed by atoms with Crippen LogP contribution in [0.3, 0.4) is 0 Å². The van der Waals surface area contributed by atoms with Gasteiger partial charge < -0.3 is 0 Å². The largest absolute Gasteiger partial charge is 0.298 e. The maximum atomic E-state index is 11.8. The van der Waals surface area contributed by atoms with E-state index in [0.717, 1.165) is 0 Å². The number of carbonyl (C=O) groups excluding carboxylic acids is 1. The van der Waals surface area contributed by atoms with Gasteiger partial charge in [-0.05, 0) is 12.1 Å². The average molecular weight is 290 g/mol. The van der Waals surface area contributed by atoms with Gasteiger partial charge in [-0.1, -0.05) is 44.5 Å². The molecular formula is C12H16ClNO3S. The smallest absolute Gasteiger partial charge is 0.239 e. The van der Waals surface area contributed by atoms with Crippen molar-refractivity contribution in [1.82, 2.24) is 0 Å². The second kappa shape index (κ2) is 5.28. The Morgan fingerprint density at radius 1 is 1.28 bits per heavy atom. The molecule has 1 aromatic rings. The van der Waals surface area contributed by atoms with Gasteiger partial charge in [0, 0.05) is 5.41 Å². The summed E-state index contributed by atoms with van der Waals surface area (Å²) >= 11 is 5.84. The van der Waals surface area contributed by atoms with Crippen LogP contribution in [0.1, 0.15) is 20.8 Å². The lowest BCUT2D eigenvalue weighted by atomic mass is 9.92. The van der Waals surface area contributed by atoms with Gasteiger partial charge in [-0.3, -0.25) is 9.52 Å². The molecule has 1 aromatic carbocycles. The maximum absolute atomic E-state index is 11.8. The highest BCUT2D eigenvalue weighted by Crippen LogP contribution is 2.22. The highest BCUT2D eigenvalue weighted by atomic mass is 35.5. The summed E-state index contributed by atoms with van der Waals surface area (Å²) in [5.74, 6) is -0.899. The molecule has 0 aromatic heterocycles. The third kappa shape index (κ3) is 4.31. The number of hydrogen-bond acceptors (Lipinski definition) is 3. The standard InChI is InChI=1S/C12H16ClNO3S/c1-12(2,3)11(15)8-18(16,17)14-10-7-5-4-6-9(10)13/h4-7,14H,8H2,1-3H3. The molecule has 0 unspecified atom stereocenters. The van der Waals surface area contributed by atoms with Crippen LogP contribution < -0.4 is 4.72 Å². The lowest BCUT2D eigenvalue weighted by molar-refractivity contribution is -0.123. The van der Waals surface area contributed by atoms with Crippen LogP contribution in [0.25, 0.3) is 0 Å². The van der Waals surface area contributed by atoms with Crippen LogP contribution in [0.5, 0.6) is 0 Å². The Bertz CT molecular complexity index is 547. The number of carbonyl (C=O) groups is 1. The van der Waals surface area contributed by atoms with Crippen molar-refractivity contribution in [3.63, 3.8) is 0 Å². The van der Waals surface area contributed by atoms with E-state index in [1.54, 1.807) is 45.0 Å². The third-order valence-electron chi connectivity index (χ3n) is 2.30. The number of Topliss-reactive ketones (excluding diaryl/α,β-unsaturated/α-hetero) is 1. The summed E-state index contributed by atoms with van der Waals surface area (Å²) in [4.78, 5) is 11.7. The molecule has 0 atom stereocenters. The fourth-order valence-corrected chi connectivity index (χ4v) is 2.74. The van der Waals surface area contributed by atoms with Crippen molar-refractivity contribution in [1.29, 1.82) is 0 Å². The van der Waals surface area contributed by atoms with Crippen molar-refractivity contribution in [2.24, 2.45) is 5.41 Å². The molecule has 0 aliphatic carbocycles. The lowest BCUT2D eigenvalue weighted by Gasteiger charge is -2.17. The third-order valence-corrected chi connectivity index (χ3v) is 3.80. The van der Waals surface area contributed by atoms with Gasteiger partial charge >= 0.3 is 0 Å². The Hall–Kier alpha value is -1.07. The zero-order valence-electron chi connectivity index (χ0n) is 10.5. The Balaban J connectivity index is 2.85. The number of halogens is 1. The summed E-state index contributed by atoms with van der Waals surface area (Å²) in [6.45, 7) is 5.04. The van der Waals surface area contributed by atoms with Crippen LogP contribution in [0.2, 0.25) is 5.02 Å². The average Bonchev–Trinajstić information content (AvgIpc) is 2.19. The zero-order valence-corrected chi connectivity index (χ0v) is 12.1. The highest BCUT2D eigenvalue weighted by Gasteiger charge is 2.27. The van der Waals surface area contributed by atoms with Crippen molar-refractivity contribution in [2.45, 2.75) is 20.8 Å². The summed E-state index contributed by atoms with van der Waals surface area (Å²) in [6.07, 6.45) is 0. The molecule has 6 heteroatoms. The van der Waals surface area contributed by atoms with E-state index in [0.29, 0.717) is 5.02 Å². The molecule has 0 saturated carbocycles. The summed E-state index contributed by atoms with van der Waals surface area (Å²) in [5, 5.41) is 0.296. The molecule has 0 heterocycles. The molecule has 0 spiro atoms. The van der Waals surface area contributed by atoms with Crippen molar-refractivity contribution >= 4 is 33.1 Å². The molecule has 0 amide bonds. The topological polar surface area (TPSA) is 63.2 Å². The summed E-state index contributed by atoms with van der Waals surface area (Å²) in [6, 6.07) is 6.47. The number of benzene rings is 1. The van der Waals surface area contributed by atoms with E-state index in [4.69, 9.17) is 11.6 Å². The minimum Gasteiger partial charge on any atom is -0.298 e. The van der Waals surface area contributed by atoms with Crippen molar-refractivity contribution in [2.75, 3.05) is 10.5 Å². The second-order valence-electron chi connectivity index (χ2n) is 5.01. The molecular weight excluding hydrogens is 274 g/mol. The number of nitrogens with one attached hydrogen (secondary N) is 1. The van der Waals surface area contributed by atoms with E-state index < -0.39 is 21.2 Å². The van der Waals surface area contributed by atoms with Crippen LogP contribution in [0, 0.1) is 5.41 Å². The van der Waals surface area contributed by atoms with Gasteiger partial charge in [0.25, 0.3) is 0 Å². The van der Waals surface area contributed by atoms with Gasteiger partial charge in [0.15, 0.2) is 5.78 Å². The maximum Gasteiger partial charge on any atom is 0.239 e. The van der Waals surface area contributed by atoms with Gasteiger partial charge in [-0.2, -0.15) is 0 Å². The Morgan fingerprint density at radius 3 is 2.33 bits per heavy atom. The summed E-state index contributed by atoms with van der Waals surface area (Å²) < 4.78 is 25.9. The molecule has 0 bridgehead atoms. The Morgan fingerprint density at radius 2 is 1.83 bits per heavy atom. The molecule has 100 valence electrons. The van der Waals surface area contributed by atoms with E-state index in [1.807, 2.05) is 0 Å². The molecule has 0 fully saturated rings. The minimum absolute atomic E-state index is 0.279. The fraction of sp³-hybridized carbons (Fsp3) is 0.417. The summed E-state index contributed by atoms with van der Waals surface area (Å²) in [5.41, 5.74) is -0.407. The van der Waals surface area contributed by atoms with Crippen molar-refractivity contribution in [3.8, 4) is 0 Å². The van der Waals surface area contributed by atoms with Gasteiger partial charge in [-0.15, -0.1) is 0 Å². The van der Waals surface area contributed by atoms with E-state index >= 15 is 0 Å². The molecule has 4 nitrogen and oxygen atoms in total. The molecule has 1 rings (SSSR count). The number of hydrogen-bond donors (Lipinski definition) is 1. The molecule has 1 N–H and O–H groups in total. The predicted molar refractivity (Wildman–Crippen MR) is 73.3 cm³/mol. The van der Waals surface area contributed by atoms with E-state index in [-0.39, 0.29) is 11.5 Å². The summed E-state index contributed by atoms with van der Waals surface area (Å²) in [7, 11) is -3.72. The first-order chi connectivity index (χ1) is 8.12. The fourth-order valence-electron chi connectivity index (χ4n) is 1.14. The van der Waals surface area contributed by atoms with E-state index in [9.17, 15) is 13.2 Å². The van der Waals surface area contributed by atoms with Crippen LogP contribution in [-0.2, 0) is 14.8 Å². The quantitative estimate of drug-likeness (QED) is 0.927. The van der Waals surface area contributed by atoms with Gasteiger partial charge in [0.2, 0.25) is 10.0 Å². The van der Waals surface area contributed by atoms with Crippen LogP contribution in [-0.4, -0.2) is 20.0 Å². The predicted octanol–water partition coefficient (Wildman–Crippen LogP) is 2.70. The van der Waals surface area contributed by atoms with Gasteiger partial charge in [0.1, 0.15) is 5.75 Å². The molecule has 0 aliphatic heterocycles. The van der Waals surface area contributed by atoms with Crippen molar-refractivity contribution < 1.29 is 13.2 Å². The minimum atomic E-state index is -3.72. The van der Waals surface area contributed by atoms with Crippen LogP contribution in [0.15, 0.2) is 24.3 Å². The van der Waals surface area contributed by atoms with Crippen LogP contribution >= 0.6 is 11.6 Å². The SMILES string of the molecule is CC(C)(C)C(=O)CS(=O)(=O)Nc1ccccc1Cl. The van der Waals surface area contributed by atoms with Crippen molar-refractivity contribution in [3.05, 3.63) is 29.3 Å². The number of para-hydroxylation sites is 1. The molecule has 0 radical (unpaired) electrons. The number of sulfonamides is 1. The van der Waals surface area contributed by atoms with Gasteiger partial charge in [-0.25, -0.2) is 8.42 Å². The lowest BCUT2D eigenvalue weighted by Crippen LogP contribution is -2.31. The molecule has 0 saturated heterocycles. The second-order valence-corrected chi connectivity index (χ2v) is 7.14.